The lowest BCUT2D eigenvalue weighted by molar-refractivity contribution is 1.20. The van der Waals surface area contributed by atoms with Crippen molar-refractivity contribution in [2.24, 2.45) is 0 Å². The molecule has 0 spiro atoms. The summed E-state index contributed by atoms with van der Waals surface area (Å²) in [5.41, 5.74) is 4.73. The first-order valence-corrected chi connectivity index (χ1v) is 12.1. The van der Waals surface area contributed by atoms with Gasteiger partial charge in [-0.2, -0.15) is 0 Å². The van der Waals surface area contributed by atoms with Gasteiger partial charge in [0, 0.05) is 18.6 Å². The first kappa shape index (κ1) is 20.2. The third kappa shape index (κ3) is 4.64. The average Bonchev–Trinajstić information content (AvgIpc) is 2.89. The number of rotatable bonds is 6. The molecular formula is C28H22N3P. The highest BCUT2D eigenvalue weighted by Crippen LogP contribution is 2.39. The minimum Gasteiger partial charge on any atom is -0.255 e. The molecule has 2 aromatic carbocycles. The van der Waals surface area contributed by atoms with Gasteiger partial charge in [0.25, 0.3) is 0 Å². The average molecular weight is 431 g/mol. The Bertz CT molecular complexity index is 1180. The van der Waals surface area contributed by atoms with E-state index in [0.717, 1.165) is 28.9 Å². The largest absolute Gasteiger partial charge is 0.255 e. The zero-order valence-electron chi connectivity index (χ0n) is 17.5. The lowest BCUT2D eigenvalue weighted by Gasteiger charge is -2.20. The molecule has 0 aliphatic rings. The van der Waals surface area contributed by atoms with Crippen LogP contribution in [0.25, 0.3) is 22.8 Å². The Balaban J connectivity index is 1.61. The van der Waals surface area contributed by atoms with Crippen LogP contribution in [0.5, 0.6) is 0 Å². The fourth-order valence-corrected chi connectivity index (χ4v) is 5.97. The highest BCUT2D eigenvalue weighted by Gasteiger charge is 2.16. The first-order valence-electron chi connectivity index (χ1n) is 10.6. The first-order chi connectivity index (χ1) is 15.9. The van der Waals surface area contributed by atoms with Gasteiger partial charge in [-0.1, -0.05) is 72.8 Å². The van der Waals surface area contributed by atoms with E-state index in [1.54, 1.807) is 0 Å². The van der Waals surface area contributed by atoms with Crippen molar-refractivity contribution in [2.75, 3.05) is 0 Å². The van der Waals surface area contributed by atoms with Crippen molar-refractivity contribution in [1.82, 2.24) is 15.0 Å². The molecule has 5 aromatic rings. The van der Waals surface area contributed by atoms with E-state index in [1.807, 2.05) is 48.8 Å². The fraction of sp³-hybridized carbons (Fsp3) is 0.0357. The molecule has 3 aromatic heterocycles. The Morgan fingerprint density at radius 1 is 0.500 bits per heavy atom. The Morgan fingerprint density at radius 3 is 1.41 bits per heavy atom. The second-order valence-corrected chi connectivity index (χ2v) is 9.64. The van der Waals surface area contributed by atoms with Crippen LogP contribution in [0.3, 0.4) is 0 Å². The molecule has 0 radical (unpaired) electrons. The van der Waals surface area contributed by atoms with Gasteiger partial charge in [-0.15, -0.1) is 0 Å². The van der Waals surface area contributed by atoms with E-state index in [2.05, 4.69) is 82.8 Å². The van der Waals surface area contributed by atoms with Gasteiger partial charge < -0.3 is 0 Å². The van der Waals surface area contributed by atoms with Gasteiger partial charge in [0.05, 0.1) is 22.8 Å². The zero-order valence-corrected chi connectivity index (χ0v) is 18.4. The third-order valence-corrected chi connectivity index (χ3v) is 7.74. The monoisotopic (exact) mass is 431 g/mol. The number of benzene rings is 2. The fourth-order valence-electron chi connectivity index (χ4n) is 3.70. The summed E-state index contributed by atoms with van der Waals surface area (Å²) in [7, 11) is -0.558. The van der Waals surface area contributed by atoms with E-state index in [1.165, 1.54) is 16.2 Å². The molecule has 0 saturated carbocycles. The number of nitrogens with zero attached hydrogens (tertiary/aromatic N) is 3. The number of aromatic nitrogens is 3. The lowest BCUT2D eigenvalue weighted by Crippen LogP contribution is -2.13. The summed E-state index contributed by atoms with van der Waals surface area (Å²) in [5, 5.41) is 2.73. The number of hydrogen-bond donors (Lipinski definition) is 0. The van der Waals surface area contributed by atoms with E-state index in [-0.39, 0.29) is 0 Å². The highest BCUT2D eigenvalue weighted by atomic mass is 31.1. The smallest absolute Gasteiger partial charge is 0.0897 e. The number of hydrogen-bond acceptors (Lipinski definition) is 3. The van der Waals surface area contributed by atoms with Crippen LogP contribution in [0.15, 0.2) is 122 Å². The summed E-state index contributed by atoms with van der Waals surface area (Å²) in [5.74, 6) is 0. The maximum atomic E-state index is 4.91. The molecular weight excluding hydrogens is 409 g/mol. The van der Waals surface area contributed by atoms with Crippen molar-refractivity contribution >= 4 is 18.5 Å². The van der Waals surface area contributed by atoms with Gasteiger partial charge in [-0.25, -0.2) is 4.98 Å². The molecule has 154 valence electrons. The van der Waals surface area contributed by atoms with Gasteiger partial charge in [-0.05, 0) is 60.5 Å². The van der Waals surface area contributed by atoms with Crippen molar-refractivity contribution < 1.29 is 0 Å². The van der Waals surface area contributed by atoms with Crippen molar-refractivity contribution in [1.29, 1.82) is 0 Å². The van der Waals surface area contributed by atoms with E-state index < -0.39 is 7.92 Å². The predicted octanol–water partition coefficient (Wildman–Crippen LogP) is 5.84. The molecule has 0 bridgehead atoms. The van der Waals surface area contributed by atoms with Crippen molar-refractivity contribution in [3.63, 3.8) is 0 Å². The molecule has 3 nitrogen and oxygen atoms in total. The second kappa shape index (κ2) is 9.64. The van der Waals surface area contributed by atoms with Crippen LogP contribution in [0.4, 0.5) is 0 Å². The van der Waals surface area contributed by atoms with Crippen LogP contribution in [0.1, 0.15) is 5.56 Å². The quantitative estimate of drug-likeness (QED) is 0.317. The summed E-state index contributed by atoms with van der Waals surface area (Å²) in [6.45, 7) is 0. The molecule has 0 atom stereocenters. The van der Waals surface area contributed by atoms with Gasteiger partial charge >= 0.3 is 0 Å². The predicted molar refractivity (Wildman–Crippen MR) is 133 cm³/mol. The molecule has 0 saturated heterocycles. The lowest BCUT2D eigenvalue weighted by atomic mass is 10.1. The molecule has 3 heterocycles. The standard InChI is InChI=1S/C28H22N3P/c1-3-11-23(12-4-1)32(24-13-5-2-6-14-24)21-22-19-27(25-15-7-9-17-29-25)31-28(20-22)26-16-8-10-18-30-26/h1-20H,21H2. The minimum atomic E-state index is -0.558. The molecule has 5 rings (SSSR count). The van der Waals surface area contributed by atoms with Gasteiger partial charge in [0.2, 0.25) is 0 Å². The summed E-state index contributed by atoms with van der Waals surface area (Å²) in [6.07, 6.45) is 4.54. The van der Waals surface area contributed by atoms with Crippen LogP contribution in [-0.2, 0) is 6.16 Å². The minimum absolute atomic E-state index is 0.558. The maximum Gasteiger partial charge on any atom is 0.0897 e. The van der Waals surface area contributed by atoms with E-state index in [9.17, 15) is 0 Å². The normalized spacial score (nSPS) is 10.9. The molecule has 0 aliphatic heterocycles. The molecule has 0 unspecified atom stereocenters. The molecule has 32 heavy (non-hydrogen) atoms. The summed E-state index contributed by atoms with van der Waals surface area (Å²) in [6, 6.07) is 37.8. The zero-order chi connectivity index (χ0) is 21.6. The van der Waals surface area contributed by atoms with Gasteiger partial charge in [0.1, 0.15) is 0 Å². The summed E-state index contributed by atoms with van der Waals surface area (Å²) >= 11 is 0. The SMILES string of the molecule is c1ccc(P(Cc2cc(-c3ccccn3)nc(-c3ccccn3)c2)c2ccccc2)cc1. The number of pyridine rings is 3. The Labute approximate surface area is 189 Å². The van der Waals surface area contributed by atoms with Crippen LogP contribution in [0, 0.1) is 0 Å². The van der Waals surface area contributed by atoms with Gasteiger partial charge in [0.15, 0.2) is 0 Å². The van der Waals surface area contributed by atoms with Crippen LogP contribution in [-0.4, -0.2) is 15.0 Å². The topological polar surface area (TPSA) is 38.7 Å². The van der Waals surface area contributed by atoms with E-state index >= 15 is 0 Å². The molecule has 0 N–H and O–H groups in total. The molecule has 0 fully saturated rings. The van der Waals surface area contributed by atoms with E-state index in [0.29, 0.717) is 0 Å². The Kier molecular flexibility index (Phi) is 6.09. The molecule has 0 aliphatic carbocycles. The molecule has 4 heteroatoms. The summed E-state index contributed by atoms with van der Waals surface area (Å²) < 4.78 is 0. The van der Waals surface area contributed by atoms with Crippen LogP contribution in [0.2, 0.25) is 0 Å². The van der Waals surface area contributed by atoms with Crippen LogP contribution >= 0.6 is 7.92 Å². The highest BCUT2D eigenvalue weighted by molar-refractivity contribution is 7.72. The molecule has 0 amide bonds. The summed E-state index contributed by atoms with van der Waals surface area (Å²) in [4.78, 5) is 14.0. The second-order valence-electron chi connectivity index (χ2n) is 7.43. The van der Waals surface area contributed by atoms with Crippen molar-refractivity contribution in [2.45, 2.75) is 6.16 Å². The van der Waals surface area contributed by atoms with E-state index in [4.69, 9.17) is 4.98 Å². The van der Waals surface area contributed by atoms with Crippen LogP contribution < -0.4 is 10.6 Å². The van der Waals surface area contributed by atoms with Crippen molar-refractivity contribution in [3.8, 4) is 22.8 Å². The maximum absolute atomic E-state index is 4.91. The Hall–Kier alpha value is -3.68. The van der Waals surface area contributed by atoms with Gasteiger partial charge in [-0.3, -0.25) is 9.97 Å². The Morgan fingerprint density at radius 2 is 0.969 bits per heavy atom. The third-order valence-electron chi connectivity index (χ3n) is 5.22. The van der Waals surface area contributed by atoms with Crippen molar-refractivity contribution in [3.05, 3.63) is 127 Å².